The van der Waals surface area contributed by atoms with Gasteiger partial charge in [0.25, 0.3) is 0 Å². The largest absolute Gasteiger partial charge is 0.379 e. The average Bonchev–Trinajstić information content (AvgIpc) is 3.11. The van der Waals surface area contributed by atoms with Gasteiger partial charge in [0.15, 0.2) is 6.04 Å². The zero-order chi connectivity index (χ0) is 15.9. The first-order valence-corrected chi connectivity index (χ1v) is 7.70. The van der Waals surface area contributed by atoms with Crippen molar-refractivity contribution in [3.05, 3.63) is 42.2 Å². The fourth-order valence-electron chi connectivity index (χ4n) is 2.60. The van der Waals surface area contributed by atoms with Crippen LogP contribution in [0.4, 0.5) is 0 Å². The fraction of sp³-hybridized carbons (Fsp3) is 0.467. The number of tetrazole rings is 1. The number of rotatable bonds is 6. The van der Waals surface area contributed by atoms with E-state index in [0.717, 1.165) is 38.4 Å². The predicted octanol–water partition coefficient (Wildman–Crippen LogP) is -0.289. The molecular weight excluding hydrogens is 296 g/mol. The van der Waals surface area contributed by atoms with E-state index in [-0.39, 0.29) is 5.91 Å². The summed E-state index contributed by atoms with van der Waals surface area (Å²) in [4.78, 5) is 14.9. The molecule has 0 spiro atoms. The molecule has 1 aliphatic heterocycles. The number of benzene rings is 1. The number of hydrogen-bond donors (Lipinski definition) is 1. The zero-order valence-corrected chi connectivity index (χ0v) is 12.8. The maximum Gasteiger partial charge on any atom is 0.249 e. The lowest BCUT2D eigenvalue weighted by molar-refractivity contribution is -0.123. The summed E-state index contributed by atoms with van der Waals surface area (Å²) in [7, 11) is 0. The van der Waals surface area contributed by atoms with Crippen LogP contribution in [0.2, 0.25) is 0 Å². The highest BCUT2D eigenvalue weighted by Gasteiger charge is 2.23. The van der Waals surface area contributed by atoms with Crippen LogP contribution in [0.1, 0.15) is 11.6 Å². The van der Waals surface area contributed by atoms with Crippen LogP contribution in [-0.4, -0.2) is 70.4 Å². The molecule has 2 heterocycles. The standard InChI is InChI=1S/C15H20N6O2/c22-15(16-6-7-20-8-10-23-11-9-20)14(21-12-17-18-19-21)13-4-2-1-3-5-13/h1-5,12,14H,6-11H2,(H,16,22)/t14-/m0/s1. The van der Waals surface area contributed by atoms with Gasteiger partial charge in [-0.3, -0.25) is 9.69 Å². The lowest BCUT2D eigenvalue weighted by atomic mass is 10.1. The summed E-state index contributed by atoms with van der Waals surface area (Å²) in [6.45, 7) is 4.73. The number of hydrogen-bond acceptors (Lipinski definition) is 6. The highest BCUT2D eigenvalue weighted by Crippen LogP contribution is 2.16. The fourth-order valence-corrected chi connectivity index (χ4v) is 2.60. The van der Waals surface area contributed by atoms with Gasteiger partial charge in [0.05, 0.1) is 13.2 Å². The molecule has 0 radical (unpaired) electrons. The van der Waals surface area contributed by atoms with Crippen LogP contribution in [0.5, 0.6) is 0 Å². The van der Waals surface area contributed by atoms with Crippen molar-refractivity contribution in [3.8, 4) is 0 Å². The third kappa shape index (κ3) is 4.11. The van der Waals surface area contributed by atoms with Crippen LogP contribution in [0.3, 0.4) is 0 Å². The zero-order valence-electron chi connectivity index (χ0n) is 12.8. The van der Waals surface area contributed by atoms with Gasteiger partial charge in [0, 0.05) is 26.2 Å². The molecule has 23 heavy (non-hydrogen) atoms. The summed E-state index contributed by atoms with van der Waals surface area (Å²) in [5.74, 6) is -0.114. The van der Waals surface area contributed by atoms with Gasteiger partial charge < -0.3 is 10.1 Å². The summed E-state index contributed by atoms with van der Waals surface area (Å²) in [6, 6.07) is 8.94. The van der Waals surface area contributed by atoms with Gasteiger partial charge >= 0.3 is 0 Å². The molecule has 0 unspecified atom stereocenters. The second-order valence-electron chi connectivity index (χ2n) is 5.35. The lowest BCUT2D eigenvalue weighted by Crippen LogP contribution is -2.43. The molecule has 0 aliphatic carbocycles. The smallest absolute Gasteiger partial charge is 0.249 e. The summed E-state index contributed by atoms with van der Waals surface area (Å²) in [5, 5.41) is 14.1. The number of aromatic nitrogens is 4. The molecule has 1 saturated heterocycles. The quantitative estimate of drug-likeness (QED) is 0.788. The van der Waals surface area contributed by atoms with E-state index >= 15 is 0 Å². The van der Waals surface area contributed by atoms with Crippen LogP contribution in [0.15, 0.2) is 36.7 Å². The van der Waals surface area contributed by atoms with Gasteiger partial charge in [-0.15, -0.1) is 5.10 Å². The monoisotopic (exact) mass is 316 g/mol. The van der Waals surface area contributed by atoms with Crippen molar-refractivity contribution in [3.63, 3.8) is 0 Å². The lowest BCUT2D eigenvalue weighted by Gasteiger charge is -2.26. The topological polar surface area (TPSA) is 85.2 Å². The molecule has 0 saturated carbocycles. The Kier molecular flexibility index (Phi) is 5.28. The summed E-state index contributed by atoms with van der Waals surface area (Å²) in [5.41, 5.74) is 0.851. The van der Waals surface area contributed by atoms with Crippen molar-refractivity contribution in [1.29, 1.82) is 0 Å². The van der Waals surface area contributed by atoms with Gasteiger partial charge in [-0.2, -0.15) is 0 Å². The summed E-state index contributed by atoms with van der Waals surface area (Å²) < 4.78 is 6.79. The Hall–Kier alpha value is -2.32. The Bertz CT molecular complexity index is 598. The molecule has 1 aliphatic rings. The van der Waals surface area contributed by atoms with Crippen molar-refractivity contribution in [2.45, 2.75) is 6.04 Å². The van der Waals surface area contributed by atoms with E-state index in [9.17, 15) is 4.79 Å². The van der Waals surface area contributed by atoms with Crippen molar-refractivity contribution >= 4 is 5.91 Å². The average molecular weight is 316 g/mol. The predicted molar refractivity (Wildman–Crippen MR) is 82.7 cm³/mol. The maximum absolute atomic E-state index is 12.6. The number of carbonyl (C=O) groups is 1. The number of morpholine rings is 1. The van der Waals surface area contributed by atoms with E-state index in [0.29, 0.717) is 6.54 Å². The Balaban J connectivity index is 1.61. The maximum atomic E-state index is 12.6. The first-order valence-electron chi connectivity index (χ1n) is 7.70. The summed E-state index contributed by atoms with van der Waals surface area (Å²) in [6.07, 6.45) is 1.46. The minimum atomic E-state index is -0.559. The molecule has 3 rings (SSSR count). The van der Waals surface area contributed by atoms with Crippen molar-refractivity contribution in [2.24, 2.45) is 0 Å². The number of nitrogens with zero attached hydrogens (tertiary/aromatic N) is 5. The molecule has 8 nitrogen and oxygen atoms in total. The molecule has 2 aromatic rings. The van der Waals surface area contributed by atoms with Gasteiger partial charge in [-0.05, 0) is 16.0 Å². The molecule has 1 N–H and O–H groups in total. The van der Waals surface area contributed by atoms with Gasteiger partial charge in [0.1, 0.15) is 6.33 Å². The molecule has 1 fully saturated rings. The number of amides is 1. The van der Waals surface area contributed by atoms with Crippen molar-refractivity contribution < 1.29 is 9.53 Å². The highest BCUT2D eigenvalue weighted by atomic mass is 16.5. The molecular formula is C15H20N6O2. The molecule has 122 valence electrons. The minimum Gasteiger partial charge on any atom is -0.379 e. The Labute approximate surface area is 134 Å². The molecule has 1 aromatic carbocycles. The Morgan fingerprint density at radius 3 is 2.74 bits per heavy atom. The van der Waals surface area contributed by atoms with E-state index in [1.807, 2.05) is 30.3 Å². The highest BCUT2D eigenvalue weighted by molar-refractivity contribution is 5.83. The van der Waals surface area contributed by atoms with Crippen LogP contribution >= 0.6 is 0 Å². The molecule has 8 heteroatoms. The first kappa shape index (κ1) is 15.6. The number of carbonyl (C=O) groups excluding carboxylic acids is 1. The molecule has 1 atom stereocenters. The third-order valence-corrected chi connectivity index (χ3v) is 3.82. The molecule has 1 amide bonds. The van der Waals surface area contributed by atoms with Gasteiger partial charge in [-0.1, -0.05) is 30.3 Å². The van der Waals surface area contributed by atoms with Crippen LogP contribution < -0.4 is 5.32 Å². The van der Waals surface area contributed by atoms with Crippen LogP contribution in [0, 0.1) is 0 Å². The van der Waals surface area contributed by atoms with E-state index in [2.05, 4.69) is 25.7 Å². The van der Waals surface area contributed by atoms with E-state index in [1.54, 1.807) is 0 Å². The SMILES string of the molecule is O=C(NCCN1CCOCC1)[C@H](c1ccccc1)n1cnnn1. The first-order chi connectivity index (χ1) is 11.3. The Morgan fingerprint density at radius 1 is 1.26 bits per heavy atom. The molecule has 0 bridgehead atoms. The second kappa shape index (κ2) is 7.80. The molecule has 1 aromatic heterocycles. The van der Waals surface area contributed by atoms with Crippen molar-refractivity contribution in [1.82, 2.24) is 30.4 Å². The van der Waals surface area contributed by atoms with Crippen molar-refractivity contribution in [2.75, 3.05) is 39.4 Å². The van der Waals surface area contributed by atoms with Crippen LogP contribution in [0.25, 0.3) is 0 Å². The van der Waals surface area contributed by atoms with Crippen LogP contribution in [-0.2, 0) is 9.53 Å². The normalized spacial score (nSPS) is 16.9. The third-order valence-electron chi connectivity index (χ3n) is 3.82. The van der Waals surface area contributed by atoms with E-state index < -0.39 is 6.04 Å². The van der Waals surface area contributed by atoms with Gasteiger partial charge in [0.2, 0.25) is 5.91 Å². The van der Waals surface area contributed by atoms with Gasteiger partial charge in [-0.25, -0.2) is 4.68 Å². The van der Waals surface area contributed by atoms with E-state index in [4.69, 9.17) is 4.74 Å². The summed E-state index contributed by atoms with van der Waals surface area (Å²) >= 11 is 0. The number of nitrogens with one attached hydrogen (secondary N) is 1. The Morgan fingerprint density at radius 2 is 2.04 bits per heavy atom. The second-order valence-corrected chi connectivity index (χ2v) is 5.35. The number of ether oxygens (including phenoxy) is 1. The minimum absolute atomic E-state index is 0.114. The van der Waals surface area contributed by atoms with E-state index in [1.165, 1.54) is 11.0 Å².